The maximum Gasteiger partial charge on any atom is 0.323 e. The summed E-state index contributed by atoms with van der Waals surface area (Å²) >= 11 is 0. The van der Waals surface area contributed by atoms with E-state index >= 15 is 0 Å². The SMILES string of the molecule is C#CCN(CC(=O)O)C(=O)NCCC1CCCCC1. The lowest BCUT2D eigenvalue weighted by Gasteiger charge is -2.23. The van der Waals surface area contributed by atoms with Gasteiger partial charge >= 0.3 is 12.0 Å². The van der Waals surface area contributed by atoms with Gasteiger partial charge in [0.25, 0.3) is 0 Å². The predicted octanol–water partition coefficient (Wildman–Crippen LogP) is 1.69. The van der Waals surface area contributed by atoms with E-state index in [9.17, 15) is 9.59 Å². The van der Waals surface area contributed by atoms with Crippen molar-refractivity contribution in [3.8, 4) is 12.3 Å². The second-order valence-electron chi connectivity index (χ2n) is 4.98. The minimum absolute atomic E-state index is 0.0154. The molecule has 0 aromatic rings. The smallest absolute Gasteiger partial charge is 0.323 e. The summed E-state index contributed by atoms with van der Waals surface area (Å²) in [4.78, 5) is 23.5. The van der Waals surface area contributed by atoms with Crippen molar-refractivity contribution in [2.24, 2.45) is 5.92 Å². The minimum Gasteiger partial charge on any atom is -0.480 e. The van der Waals surface area contributed by atoms with Gasteiger partial charge in [0, 0.05) is 6.54 Å². The topological polar surface area (TPSA) is 69.6 Å². The van der Waals surface area contributed by atoms with Crippen molar-refractivity contribution in [3.63, 3.8) is 0 Å². The fourth-order valence-corrected chi connectivity index (χ4v) is 2.44. The number of carboxylic acids is 1. The number of carboxylic acid groups (broad SMARTS) is 1. The number of carbonyl (C=O) groups excluding carboxylic acids is 1. The third-order valence-electron chi connectivity index (χ3n) is 3.45. The van der Waals surface area contributed by atoms with Gasteiger partial charge in [0.15, 0.2) is 0 Å². The van der Waals surface area contributed by atoms with Gasteiger partial charge in [0.2, 0.25) is 0 Å². The standard InChI is InChI=1S/C14H22N2O3/c1-2-10-16(11-13(17)18)14(19)15-9-8-12-6-4-3-5-7-12/h1,12H,3-11H2,(H,15,19)(H,17,18). The normalized spacial score (nSPS) is 15.5. The monoisotopic (exact) mass is 266 g/mol. The molecule has 0 atom stereocenters. The highest BCUT2D eigenvalue weighted by Gasteiger charge is 2.17. The van der Waals surface area contributed by atoms with Crippen LogP contribution in [0.5, 0.6) is 0 Å². The van der Waals surface area contributed by atoms with Crippen LogP contribution in [0.15, 0.2) is 0 Å². The van der Waals surface area contributed by atoms with Crippen LogP contribution in [-0.2, 0) is 4.79 Å². The van der Waals surface area contributed by atoms with Gasteiger partial charge in [-0.1, -0.05) is 38.0 Å². The Hall–Kier alpha value is -1.70. The van der Waals surface area contributed by atoms with Gasteiger partial charge in [0.1, 0.15) is 6.54 Å². The molecule has 1 fully saturated rings. The van der Waals surface area contributed by atoms with Crippen molar-refractivity contribution in [2.75, 3.05) is 19.6 Å². The van der Waals surface area contributed by atoms with Crippen LogP contribution in [0.2, 0.25) is 0 Å². The molecule has 0 radical (unpaired) electrons. The zero-order valence-electron chi connectivity index (χ0n) is 11.2. The van der Waals surface area contributed by atoms with Crippen LogP contribution in [0.1, 0.15) is 38.5 Å². The Morgan fingerprint density at radius 1 is 1.32 bits per heavy atom. The molecular formula is C14H22N2O3. The molecule has 2 N–H and O–H groups in total. The molecule has 19 heavy (non-hydrogen) atoms. The Balaban J connectivity index is 2.27. The number of hydrogen-bond donors (Lipinski definition) is 2. The van der Waals surface area contributed by atoms with Gasteiger partial charge in [-0.25, -0.2) is 4.79 Å². The average molecular weight is 266 g/mol. The van der Waals surface area contributed by atoms with E-state index < -0.39 is 12.0 Å². The van der Waals surface area contributed by atoms with Crippen molar-refractivity contribution in [1.82, 2.24) is 10.2 Å². The van der Waals surface area contributed by atoms with E-state index in [0.717, 1.165) is 11.3 Å². The van der Waals surface area contributed by atoms with Crippen LogP contribution in [0.25, 0.3) is 0 Å². The lowest BCUT2D eigenvalue weighted by atomic mass is 9.87. The van der Waals surface area contributed by atoms with E-state index in [-0.39, 0.29) is 13.1 Å². The molecule has 0 saturated heterocycles. The first kappa shape index (κ1) is 15.4. The summed E-state index contributed by atoms with van der Waals surface area (Å²) in [6.45, 7) is 0.241. The second-order valence-corrected chi connectivity index (χ2v) is 4.98. The van der Waals surface area contributed by atoms with Crippen molar-refractivity contribution in [3.05, 3.63) is 0 Å². The molecule has 1 aliphatic rings. The summed E-state index contributed by atoms with van der Waals surface area (Å²) in [5.74, 6) is 1.93. The van der Waals surface area contributed by atoms with Gasteiger partial charge in [0.05, 0.1) is 6.54 Å². The zero-order valence-corrected chi connectivity index (χ0v) is 11.2. The van der Waals surface area contributed by atoms with Gasteiger partial charge in [-0.15, -0.1) is 6.42 Å². The molecule has 0 unspecified atom stereocenters. The summed E-state index contributed by atoms with van der Waals surface area (Å²) in [6.07, 6.45) is 12.4. The largest absolute Gasteiger partial charge is 0.480 e. The number of hydrogen-bond acceptors (Lipinski definition) is 2. The Bertz CT molecular complexity index is 343. The third-order valence-corrected chi connectivity index (χ3v) is 3.45. The molecule has 1 rings (SSSR count). The molecule has 0 spiro atoms. The van der Waals surface area contributed by atoms with E-state index in [1.165, 1.54) is 32.1 Å². The molecule has 1 aliphatic carbocycles. The van der Waals surface area contributed by atoms with Gasteiger partial charge in [-0.3, -0.25) is 4.79 Å². The highest BCUT2D eigenvalue weighted by molar-refractivity contribution is 5.80. The number of urea groups is 1. The molecule has 0 heterocycles. The van der Waals surface area contributed by atoms with Crippen LogP contribution in [0.4, 0.5) is 4.79 Å². The zero-order chi connectivity index (χ0) is 14.1. The Morgan fingerprint density at radius 3 is 2.58 bits per heavy atom. The Kier molecular flexibility index (Phi) is 6.80. The van der Waals surface area contributed by atoms with Crippen LogP contribution in [0.3, 0.4) is 0 Å². The molecule has 106 valence electrons. The van der Waals surface area contributed by atoms with E-state index in [0.29, 0.717) is 12.5 Å². The molecule has 5 heteroatoms. The lowest BCUT2D eigenvalue weighted by Crippen LogP contribution is -2.43. The van der Waals surface area contributed by atoms with Gasteiger partial charge < -0.3 is 15.3 Å². The van der Waals surface area contributed by atoms with E-state index in [2.05, 4.69) is 11.2 Å². The molecule has 2 amide bonds. The minimum atomic E-state index is -1.06. The van der Waals surface area contributed by atoms with Crippen LogP contribution in [0, 0.1) is 18.3 Å². The number of terminal acetylenes is 1. The molecule has 1 saturated carbocycles. The van der Waals surface area contributed by atoms with E-state index in [1.807, 2.05) is 0 Å². The Labute approximate surface area is 114 Å². The first-order valence-electron chi connectivity index (χ1n) is 6.81. The highest BCUT2D eigenvalue weighted by atomic mass is 16.4. The first-order chi connectivity index (χ1) is 9.13. The number of nitrogens with zero attached hydrogens (tertiary/aromatic N) is 1. The lowest BCUT2D eigenvalue weighted by molar-refractivity contribution is -0.137. The Morgan fingerprint density at radius 2 is 2.00 bits per heavy atom. The maximum atomic E-state index is 11.8. The summed E-state index contributed by atoms with van der Waals surface area (Å²) < 4.78 is 0. The first-order valence-corrected chi connectivity index (χ1v) is 6.81. The highest BCUT2D eigenvalue weighted by Crippen LogP contribution is 2.25. The summed E-state index contributed by atoms with van der Waals surface area (Å²) in [5, 5.41) is 11.4. The maximum absolute atomic E-state index is 11.8. The summed E-state index contributed by atoms with van der Waals surface area (Å²) in [7, 11) is 0. The fourth-order valence-electron chi connectivity index (χ4n) is 2.44. The molecule has 0 bridgehead atoms. The van der Waals surface area contributed by atoms with Crippen LogP contribution < -0.4 is 5.32 Å². The number of nitrogens with one attached hydrogen (secondary N) is 1. The van der Waals surface area contributed by atoms with E-state index in [1.54, 1.807) is 0 Å². The summed E-state index contributed by atoms with van der Waals surface area (Å²) in [6, 6.07) is -0.392. The van der Waals surface area contributed by atoms with Crippen LogP contribution in [-0.4, -0.2) is 41.6 Å². The van der Waals surface area contributed by atoms with Crippen molar-refractivity contribution >= 4 is 12.0 Å². The second kappa shape index (κ2) is 8.41. The molecule has 0 aliphatic heterocycles. The molecule has 0 aromatic heterocycles. The van der Waals surface area contributed by atoms with Crippen molar-refractivity contribution in [2.45, 2.75) is 38.5 Å². The predicted molar refractivity (Wildman–Crippen MR) is 72.6 cm³/mol. The number of carbonyl (C=O) groups is 2. The summed E-state index contributed by atoms with van der Waals surface area (Å²) in [5.41, 5.74) is 0. The van der Waals surface area contributed by atoms with Gasteiger partial charge in [-0.05, 0) is 12.3 Å². The quantitative estimate of drug-likeness (QED) is 0.719. The van der Waals surface area contributed by atoms with E-state index in [4.69, 9.17) is 11.5 Å². The molecule has 5 nitrogen and oxygen atoms in total. The van der Waals surface area contributed by atoms with Crippen LogP contribution >= 0.6 is 0 Å². The number of aliphatic carboxylic acids is 1. The number of rotatable bonds is 6. The molecule has 0 aromatic carbocycles. The van der Waals surface area contributed by atoms with Crippen molar-refractivity contribution in [1.29, 1.82) is 0 Å². The third kappa shape index (κ3) is 6.14. The van der Waals surface area contributed by atoms with Gasteiger partial charge in [-0.2, -0.15) is 0 Å². The fraction of sp³-hybridized carbons (Fsp3) is 0.714. The van der Waals surface area contributed by atoms with Crippen molar-refractivity contribution < 1.29 is 14.7 Å². The number of amides is 2. The molecular weight excluding hydrogens is 244 g/mol. The average Bonchev–Trinajstić information content (AvgIpc) is 2.39.